The number of carbonyl (C=O) groups is 1. The second kappa shape index (κ2) is 6.55. The molecule has 98 valence electrons. The fraction of sp³-hybridized carbons (Fsp3) is 0.533. The third-order valence-corrected chi connectivity index (χ3v) is 3.55. The van der Waals surface area contributed by atoms with Crippen LogP contribution in [0.4, 0.5) is 0 Å². The first-order valence-corrected chi connectivity index (χ1v) is 6.77. The Morgan fingerprint density at radius 3 is 2.50 bits per heavy atom. The quantitative estimate of drug-likeness (QED) is 0.794. The minimum Gasteiger partial charge on any atom is -0.337 e. The summed E-state index contributed by atoms with van der Waals surface area (Å²) in [6.45, 7) is 6.61. The van der Waals surface area contributed by atoms with Gasteiger partial charge in [-0.15, -0.1) is 0 Å². The van der Waals surface area contributed by atoms with E-state index in [-0.39, 0.29) is 5.91 Å². The van der Waals surface area contributed by atoms with Crippen LogP contribution in [0.5, 0.6) is 0 Å². The minimum absolute atomic E-state index is 0.165. The summed E-state index contributed by atoms with van der Waals surface area (Å²) in [6, 6.07) is 10.2. The smallest absolute Gasteiger partial charge is 0.219 e. The van der Waals surface area contributed by atoms with Gasteiger partial charge in [0.25, 0.3) is 0 Å². The Labute approximate surface area is 109 Å². The first-order chi connectivity index (χ1) is 8.75. The number of benzene rings is 1. The maximum Gasteiger partial charge on any atom is 0.219 e. The molecule has 0 spiro atoms. The molecule has 0 N–H and O–H groups in total. The van der Waals surface area contributed by atoms with E-state index in [1.807, 2.05) is 23.1 Å². The maximum atomic E-state index is 11.7. The van der Waals surface area contributed by atoms with Gasteiger partial charge < -0.3 is 9.80 Å². The molecular formula is C15H22N2O. The van der Waals surface area contributed by atoms with Crippen molar-refractivity contribution in [1.29, 1.82) is 0 Å². The Morgan fingerprint density at radius 1 is 1.22 bits per heavy atom. The average Bonchev–Trinajstić information content (AvgIpc) is 2.88. The van der Waals surface area contributed by atoms with Crippen LogP contribution >= 0.6 is 0 Å². The summed E-state index contributed by atoms with van der Waals surface area (Å²) in [5.41, 5.74) is 1.20. The summed E-state index contributed by atoms with van der Waals surface area (Å²) in [5.74, 6) is 0.165. The molecule has 0 unspecified atom stereocenters. The van der Waals surface area contributed by atoms with Crippen molar-refractivity contribution in [3.05, 3.63) is 35.9 Å². The molecule has 0 atom stereocenters. The first kappa shape index (κ1) is 13.1. The lowest BCUT2D eigenvalue weighted by atomic mass is 10.2. The van der Waals surface area contributed by atoms with Crippen molar-refractivity contribution in [2.24, 2.45) is 0 Å². The molecule has 3 nitrogen and oxygen atoms in total. The number of carbonyl (C=O) groups excluding carboxylic acids is 1. The Morgan fingerprint density at radius 2 is 1.89 bits per heavy atom. The van der Waals surface area contributed by atoms with Gasteiger partial charge in [-0.1, -0.05) is 30.3 Å². The van der Waals surface area contributed by atoms with E-state index in [2.05, 4.69) is 17.0 Å². The number of rotatable bonds is 5. The van der Waals surface area contributed by atoms with Crippen LogP contribution in [0.15, 0.2) is 30.3 Å². The van der Waals surface area contributed by atoms with E-state index < -0.39 is 0 Å². The Balaban J connectivity index is 1.85. The number of nitrogens with zero attached hydrogens (tertiary/aromatic N) is 2. The van der Waals surface area contributed by atoms with Crippen molar-refractivity contribution in [2.45, 2.75) is 26.3 Å². The second-order valence-electron chi connectivity index (χ2n) is 4.97. The summed E-state index contributed by atoms with van der Waals surface area (Å²) >= 11 is 0. The minimum atomic E-state index is 0.165. The molecule has 0 radical (unpaired) electrons. The van der Waals surface area contributed by atoms with Gasteiger partial charge in [0.15, 0.2) is 0 Å². The standard InChI is InChI=1S/C15H22N2O/c1-14(18)17(12-11-16-9-5-6-10-16)13-15-7-3-2-4-8-15/h2-4,7-8H,5-6,9-13H2,1H3. The van der Waals surface area contributed by atoms with Gasteiger partial charge in [0.05, 0.1) is 0 Å². The molecule has 0 aliphatic carbocycles. The topological polar surface area (TPSA) is 23.6 Å². The normalized spacial score (nSPS) is 15.8. The number of hydrogen-bond acceptors (Lipinski definition) is 2. The summed E-state index contributed by atoms with van der Waals surface area (Å²) in [6.07, 6.45) is 2.61. The number of amides is 1. The van der Waals surface area contributed by atoms with Crippen LogP contribution in [-0.4, -0.2) is 41.9 Å². The fourth-order valence-corrected chi connectivity index (χ4v) is 2.42. The zero-order valence-corrected chi connectivity index (χ0v) is 11.1. The Bertz CT molecular complexity index is 371. The molecule has 1 aliphatic rings. The molecule has 1 heterocycles. The van der Waals surface area contributed by atoms with Crippen LogP contribution in [0.1, 0.15) is 25.3 Å². The highest BCUT2D eigenvalue weighted by molar-refractivity contribution is 5.73. The zero-order chi connectivity index (χ0) is 12.8. The monoisotopic (exact) mass is 246 g/mol. The van der Waals surface area contributed by atoms with Gasteiger partial charge in [-0.3, -0.25) is 4.79 Å². The molecule has 18 heavy (non-hydrogen) atoms. The Kier molecular flexibility index (Phi) is 4.76. The second-order valence-corrected chi connectivity index (χ2v) is 4.97. The molecule has 1 fully saturated rings. The fourth-order valence-electron chi connectivity index (χ4n) is 2.42. The van der Waals surface area contributed by atoms with Crippen molar-refractivity contribution in [3.63, 3.8) is 0 Å². The van der Waals surface area contributed by atoms with Crippen molar-refractivity contribution in [2.75, 3.05) is 26.2 Å². The molecule has 1 amide bonds. The third-order valence-electron chi connectivity index (χ3n) is 3.55. The van der Waals surface area contributed by atoms with Gasteiger partial charge >= 0.3 is 0 Å². The van der Waals surface area contributed by atoms with Crippen molar-refractivity contribution >= 4 is 5.91 Å². The van der Waals surface area contributed by atoms with E-state index >= 15 is 0 Å². The lowest BCUT2D eigenvalue weighted by molar-refractivity contribution is -0.129. The summed E-state index contributed by atoms with van der Waals surface area (Å²) in [7, 11) is 0. The summed E-state index contributed by atoms with van der Waals surface area (Å²) in [5, 5.41) is 0. The summed E-state index contributed by atoms with van der Waals surface area (Å²) in [4.78, 5) is 16.0. The molecule has 0 aromatic heterocycles. The highest BCUT2D eigenvalue weighted by Crippen LogP contribution is 2.09. The van der Waals surface area contributed by atoms with E-state index in [0.29, 0.717) is 0 Å². The molecule has 0 bridgehead atoms. The van der Waals surface area contributed by atoms with Crippen LogP contribution < -0.4 is 0 Å². The molecule has 1 aromatic carbocycles. The van der Waals surface area contributed by atoms with Crippen molar-refractivity contribution in [1.82, 2.24) is 9.80 Å². The van der Waals surface area contributed by atoms with Crippen molar-refractivity contribution in [3.8, 4) is 0 Å². The molecule has 0 saturated carbocycles. The third kappa shape index (κ3) is 3.84. The first-order valence-electron chi connectivity index (χ1n) is 6.77. The largest absolute Gasteiger partial charge is 0.337 e. The molecular weight excluding hydrogens is 224 g/mol. The maximum absolute atomic E-state index is 11.7. The van der Waals surface area contributed by atoms with Gasteiger partial charge in [-0.25, -0.2) is 0 Å². The van der Waals surface area contributed by atoms with Crippen LogP contribution in [-0.2, 0) is 11.3 Å². The molecule has 1 aliphatic heterocycles. The predicted octanol–water partition coefficient (Wildman–Crippen LogP) is 2.13. The van der Waals surface area contributed by atoms with Gasteiger partial charge in [0.2, 0.25) is 5.91 Å². The van der Waals surface area contributed by atoms with Gasteiger partial charge in [-0.05, 0) is 31.5 Å². The summed E-state index contributed by atoms with van der Waals surface area (Å²) < 4.78 is 0. The number of likely N-dealkylation sites (tertiary alicyclic amines) is 1. The van der Waals surface area contributed by atoms with Gasteiger partial charge in [0.1, 0.15) is 0 Å². The van der Waals surface area contributed by atoms with Crippen LogP contribution in [0.3, 0.4) is 0 Å². The van der Waals surface area contributed by atoms with E-state index in [9.17, 15) is 4.79 Å². The lowest BCUT2D eigenvalue weighted by Crippen LogP contribution is -2.36. The average molecular weight is 246 g/mol. The van der Waals surface area contributed by atoms with E-state index in [1.54, 1.807) is 6.92 Å². The molecule has 1 saturated heterocycles. The van der Waals surface area contributed by atoms with Crippen LogP contribution in [0.2, 0.25) is 0 Å². The molecule has 2 rings (SSSR count). The predicted molar refractivity (Wildman–Crippen MR) is 73.2 cm³/mol. The van der Waals surface area contributed by atoms with Gasteiger partial charge in [0, 0.05) is 26.6 Å². The van der Waals surface area contributed by atoms with E-state index in [0.717, 1.165) is 19.6 Å². The molecule has 3 heteroatoms. The van der Waals surface area contributed by atoms with Crippen LogP contribution in [0.25, 0.3) is 0 Å². The highest BCUT2D eigenvalue weighted by Gasteiger charge is 2.14. The zero-order valence-electron chi connectivity index (χ0n) is 11.1. The molecule has 1 aromatic rings. The number of hydrogen-bond donors (Lipinski definition) is 0. The Hall–Kier alpha value is -1.35. The van der Waals surface area contributed by atoms with Crippen molar-refractivity contribution < 1.29 is 4.79 Å². The van der Waals surface area contributed by atoms with Gasteiger partial charge in [-0.2, -0.15) is 0 Å². The van der Waals surface area contributed by atoms with E-state index in [1.165, 1.54) is 31.5 Å². The highest BCUT2D eigenvalue weighted by atomic mass is 16.2. The van der Waals surface area contributed by atoms with Crippen LogP contribution in [0, 0.1) is 0 Å². The van der Waals surface area contributed by atoms with E-state index in [4.69, 9.17) is 0 Å². The SMILES string of the molecule is CC(=O)N(CCN1CCCC1)Cc1ccccc1. The lowest BCUT2D eigenvalue weighted by Gasteiger charge is -2.24.